The van der Waals surface area contributed by atoms with Crippen molar-refractivity contribution in [3.8, 4) is 0 Å². The van der Waals surface area contributed by atoms with Gasteiger partial charge in [-0.25, -0.2) is 0 Å². The summed E-state index contributed by atoms with van der Waals surface area (Å²) in [6.07, 6.45) is 5.22. The summed E-state index contributed by atoms with van der Waals surface area (Å²) in [4.78, 5) is 0. The normalized spacial score (nSPS) is 17.7. The maximum Gasteiger partial charge on any atom is 0.339 e. The molecule has 2 nitrogen and oxygen atoms in total. The predicted molar refractivity (Wildman–Crippen MR) is 51.2 cm³/mol. The largest absolute Gasteiger partial charge is 0.429 e. The predicted octanol–water partition coefficient (Wildman–Crippen LogP) is 3.20. The van der Waals surface area contributed by atoms with Crippen LogP contribution in [0, 0.1) is 0 Å². The minimum absolute atomic E-state index is 0.319. The molecule has 0 aromatic heterocycles. The molecule has 0 aromatic carbocycles. The fourth-order valence-electron chi connectivity index (χ4n) is 0.677. The minimum Gasteiger partial charge on any atom is -0.429 e. The molecule has 0 bridgehead atoms. The fraction of sp³-hybridized carbons (Fsp3) is 0.333. The zero-order valence-corrected chi connectivity index (χ0v) is 8.83. The Balaban J connectivity index is 2.62. The highest BCUT2D eigenvalue weighted by Gasteiger charge is 2.25. The van der Waals surface area contributed by atoms with Gasteiger partial charge < -0.3 is 4.74 Å². The van der Waals surface area contributed by atoms with Crippen LogP contribution in [0.5, 0.6) is 0 Å². The van der Waals surface area contributed by atoms with Gasteiger partial charge in [0.25, 0.3) is 0 Å². The average Bonchev–Trinajstić information content (AvgIpc) is 1.91. The van der Waals surface area contributed by atoms with E-state index in [0.29, 0.717) is 12.4 Å². The van der Waals surface area contributed by atoms with Crippen molar-refractivity contribution in [1.29, 1.82) is 0 Å². The fourth-order valence-corrected chi connectivity index (χ4v) is 1.08. The number of nitrogens with zero attached hydrogens (tertiary/aromatic N) is 1. The Hall–Kier alpha value is 0.240. The molecule has 0 saturated carbocycles. The van der Waals surface area contributed by atoms with E-state index in [-0.39, 0.29) is 0 Å². The molecule has 1 heterocycles. The summed E-state index contributed by atoms with van der Waals surface area (Å²) < 4.78 is 4.42. The third kappa shape index (κ3) is 3.31. The Morgan fingerprint density at radius 3 is 2.58 bits per heavy atom. The summed E-state index contributed by atoms with van der Waals surface area (Å²) in [6.45, 7) is 0.522. The molecule has 0 aromatic rings. The lowest BCUT2D eigenvalue weighted by molar-refractivity contribution is 0.154. The molecule has 1 rings (SSSR count). The zero-order valence-electron chi connectivity index (χ0n) is 5.81. The SMILES string of the molecule is ClN1CC=CC=C1OC(Cl)(Cl)Cl. The second kappa shape index (κ2) is 3.97. The van der Waals surface area contributed by atoms with Crippen molar-refractivity contribution in [2.45, 2.75) is 3.98 Å². The first-order valence-corrected chi connectivity index (χ1v) is 4.52. The number of hydrogen-bond donors (Lipinski definition) is 0. The first kappa shape index (κ1) is 10.3. The van der Waals surface area contributed by atoms with Gasteiger partial charge in [0, 0.05) is 11.8 Å². The molecule has 0 fully saturated rings. The van der Waals surface area contributed by atoms with Crippen LogP contribution in [0.2, 0.25) is 0 Å². The number of ether oxygens (including phenoxy) is 1. The van der Waals surface area contributed by atoms with Gasteiger partial charge in [-0.15, -0.1) is 0 Å². The Kier molecular flexibility index (Phi) is 3.41. The second-order valence-corrected chi connectivity index (χ2v) is 4.61. The molecule has 0 saturated heterocycles. The number of halogens is 4. The van der Waals surface area contributed by atoms with Crippen molar-refractivity contribution in [2.75, 3.05) is 6.54 Å². The van der Waals surface area contributed by atoms with Gasteiger partial charge >= 0.3 is 3.98 Å². The van der Waals surface area contributed by atoms with E-state index in [9.17, 15) is 0 Å². The summed E-state index contributed by atoms with van der Waals surface area (Å²) in [6, 6.07) is 0. The van der Waals surface area contributed by atoms with E-state index < -0.39 is 3.98 Å². The van der Waals surface area contributed by atoms with Gasteiger partial charge in [0.2, 0.25) is 5.88 Å². The minimum atomic E-state index is -1.77. The summed E-state index contributed by atoms with van der Waals surface area (Å²) in [5, 5.41) is 0. The first-order valence-electron chi connectivity index (χ1n) is 3.05. The van der Waals surface area contributed by atoms with E-state index in [0.717, 1.165) is 0 Å². The van der Waals surface area contributed by atoms with Crippen LogP contribution in [0.3, 0.4) is 0 Å². The quantitative estimate of drug-likeness (QED) is 0.522. The van der Waals surface area contributed by atoms with Crippen LogP contribution in [-0.2, 0) is 4.74 Å². The monoisotopic (exact) mass is 247 g/mol. The van der Waals surface area contributed by atoms with Crippen LogP contribution in [0.25, 0.3) is 0 Å². The Morgan fingerprint density at radius 1 is 1.42 bits per heavy atom. The zero-order chi connectivity index (χ0) is 9.19. The van der Waals surface area contributed by atoms with Crippen LogP contribution in [-0.4, -0.2) is 14.9 Å². The standard InChI is InChI=1S/C6H5Cl4NO/c7-6(8,9)12-5-3-1-2-4-11(5)10/h1-3H,4H2. The molecule has 0 amide bonds. The van der Waals surface area contributed by atoms with E-state index in [4.69, 9.17) is 51.3 Å². The van der Waals surface area contributed by atoms with Crippen molar-refractivity contribution < 1.29 is 4.74 Å². The summed E-state index contributed by atoms with van der Waals surface area (Å²) in [5.41, 5.74) is 0. The van der Waals surface area contributed by atoms with Crippen molar-refractivity contribution in [3.05, 3.63) is 24.1 Å². The second-order valence-electron chi connectivity index (χ2n) is 2.03. The van der Waals surface area contributed by atoms with Crippen molar-refractivity contribution in [1.82, 2.24) is 4.42 Å². The van der Waals surface area contributed by atoms with Crippen molar-refractivity contribution >= 4 is 46.6 Å². The van der Waals surface area contributed by atoms with E-state index in [1.165, 1.54) is 4.42 Å². The maximum absolute atomic E-state index is 5.70. The summed E-state index contributed by atoms with van der Waals surface area (Å²) >= 11 is 21.9. The molecular weight excluding hydrogens is 244 g/mol. The third-order valence-electron chi connectivity index (χ3n) is 1.10. The van der Waals surface area contributed by atoms with Gasteiger partial charge in [0.05, 0.1) is 6.54 Å². The first-order chi connectivity index (χ1) is 5.49. The number of rotatable bonds is 1. The smallest absolute Gasteiger partial charge is 0.339 e. The maximum atomic E-state index is 5.70. The highest BCUT2D eigenvalue weighted by atomic mass is 35.6. The summed E-state index contributed by atoms with van der Waals surface area (Å²) in [7, 11) is 0. The highest BCUT2D eigenvalue weighted by molar-refractivity contribution is 6.66. The average molecular weight is 249 g/mol. The molecule has 1 aliphatic heterocycles. The lowest BCUT2D eigenvalue weighted by Gasteiger charge is -2.23. The topological polar surface area (TPSA) is 12.5 Å². The lowest BCUT2D eigenvalue weighted by Crippen LogP contribution is -2.21. The van der Waals surface area contributed by atoms with Gasteiger partial charge in [-0.1, -0.05) is 12.2 Å². The van der Waals surface area contributed by atoms with Gasteiger partial charge in [-0.3, -0.25) is 4.42 Å². The third-order valence-corrected chi connectivity index (χ3v) is 1.64. The van der Waals surface area contributed by atoms with E-state index in [1.54, 1.807) is 12.2 Å². The van der Waals surface area contributed by atoms with Gasteiger partial charge in [0.15, 0.2) is 0 Å². The Labute approximate surface area is 90.4 Å². The number of alkyl halides is 3. The van der Waals surface area contributed by atoms with Gasteiger partial charge in [0.1, 0.15) is 0 Å². The Bertz CT molecular complexity index is 220. The lowest BCUT2D eigenvalue weighted by atomic mass is 10.4. The molecule has 1 aliphatic rings. The molecule has 6 heteroatoms. The number of allylic oxidation sites excluding steroid dienone is 2. The molecule has 12 heavy (non-hydrogen) atoms. The van der Waals surface area contributed by atoms with E-state index >= 15 is 0 Å². The van der Waals surface area contributed by atoms with Crippen LogP contribution in [0.1, 0.15) is 0 Å². The molecule has 0 unspecified atom stereocenters. The number of hydrogen-bond acceptors (Lipinski definition) is 2. The van der Waals surface area contributed by atoms with Crippen molar-refractivity contribution in [2.24, 2.45) is 0 Å². The molecule has 0 spiro atoms. The molecule has 0 radical (unpaired) electrons. The van der Waals surface area contributed by atoms with Crippen LogP contribution < -0.4 is 0 Å². The van der Waals surface area contributed by atoms with Crippen LogP contribution >= 0.6 is 46.6 Å². The van der Waals surface area contributed by atoms with Crippen LogP contribution in [0.15, 0.2) is 24.1 Å². The van der Waals surface area contributed by atoms with Gasteiger partial charge in [-0.05, 0) is 40.9 Å². The van der Waals surface area contributed by atoms with Gasteiger partial charge in [-0.2, -0.15) is 0 Å². The highest BCUT2D eigenvalue weighted by Crippen LogP contribution is 2.32. The molecule has 0 atom stereocenters. The van der Waals surface area contributed by atoms with E-state index in [2.05, 4.69) is 0 Å². The van der Waals surface area contributed by atoms with E-state index in [1.807, 2.05) is 6.08 Å². The van der Waals surface area contributed by atoms with Crippen molar-refractivity contribution in [3.63, 3.8) is 0 Å². The molecule has 0 N–H and O–H groups in total. The molecule has 68 valence electrons. The Morgan fingerprint density at radius 2 is 2.08 bits per heavy atom. The summed E-state index contributed by atoms with van der Waals surface area (Å²) in [5.74, 6) is 0.319. The van der Waals surface area contributed by atoms with Crippen LogP contribution in [0.4, 0.5) is 0 Å². The molecular formula is C6H5Cl4NO. The molecule has 0 aliphatic carbocycles.